The molecule has 6 heteroatoms. The third-order valence-electron chi connectivity index (χ3n) is 2.42. The molecule has 0 aliphatic heterocycles. The van der Waals surface area contributed by atoms with Gasteiger partial charge in [0.1, 0.15) is 5.52 Å². The summed E-state index contributed by atoms with van der Waals surface area (Å²) in [5.41, 5.74) is 1.19. The van der Waals surface area contributed by atoms with Crippen molar-refractivity contribution in [2.24, 2.45) is 0 Å². The van der Waals surface area contributed by atoms with Gasteiger partial charge in [-0.05, 0) is 6.07 Å². The molecular formula is C12H10BrN3O2. The summed E-state index contributed by atoms with van der Waals surface area (Å²) in [6.45, 7) is 4.27. The van der Waals surface area contributed by atoms with Crippen molar-refractivity contribution in [3.8, 4) is 0 Å². The number of hydrogen-bond acceptors (Lipinski definition) is 4. The number of halogens is 1. The van der Waals surface area contributed by atoms with Crippen LogP contribution in [0.1, 0.15) is 0 Å². The van der Waals surface area contributed by atoms with E-state index in [1.807, 2.05) is 0 Å². The second-order valence-corrected chi connectivity index (χ2v) is 4.78. The molecule has 1 N–H and O–H groups in total. The Morgan fingerprint density at radius 1 is 1.50 bits per heavy atom. The van der Waals surface area contributed by atoms with E-state index in [0.717, 1.165) is 15.6 Å². The molecule has 5 nitrogen and oxygen atoms in total. The summed E-state index contributed by atoms with van der Waals surface area (Å²) in [7, 11) is 0. The van der Waals surface area contributed by atoms with Crippen LogP contribution in [0.3, 0.4) is 0 Å². The molecule has 2 rings (SSSR count). The van der Waals surface area contributed by atoms with Gasteiger partial charge in [0.2, 0.25) is 0 Å². The molecule has 0 saturated heterocycles. The van der Waals surface area contributed by atoms with Crippen molar-refractivity contribution in [2.75, 3.05) is 11.9 Å². The third-order valence-corrected chi connectivity index (χ3v) is 2.70. The summed E-state index contributed by atoms with van der Waals surface area (Å²) in [5, 5.41) is 14.8. The van der Waals surface area contributed by atoms with Crippen molar-refractivity contribution in [1.29, 1.82) is 0 Å². The lowest BCUT2D eigenvalue weighted by molar-refractivity contribution is -0.383. The van der Waals surface area contributed by atoms with Crippen LogP contribution in [0.2, 0.25) is 0 Å². The van der Waals surface area contributed by atoms with Crippen LogP contribution in [0.5, 0.6) is 0 Å². The van der Waals surface area contributed by atoms with Gasteiger partial charge in [-0.15, -0.1) is 0 Å². The summed E-state index contributed by atoms with van der Waals surface area (Å²) in [6.07, 6.45) is 1.55. The molecule has 0 saturated carbocycles. The van der Waals surface area contributed by atoms with Crippen molar-refractivity contribution < 1.29 is 4.92 Å². The van der Waals surface area contributed by atoms with E-state index >= 15 is 0 Å². The highest BCUT2D eigenvalue weighted by Crippen LogP contribution is 2.28. The fraction of sp³-hybridized carbons (Fsp3) is 0.0833. The number of rotatable bonds is 4. The van der Waals surface area contributed by atoms with E-state index in [1.165, 1.54) is 6.07 Å². The summed E-state index contributed by atoms with van der Waals surface area (Å²) >= 11 is 3.25. The molecule has 0 atom stereocenters. The van der Waals surface area contributed by atoms with Crippen LogP contribution in [0.25, 0.3) is 10.9 Å². The number of aromatic nitrogens is 1. The lowest BCUT2D eigenvalue weighted by Crippen LogP contribution is -2.02. The van der Waals surface area contributed by atoms with Crippen LogP contribution in [0.15, 0.2) is 41.5 Å². The maximum absolute atomic E-state index is 10.9. The van der Waals surface area contributed by atoms with Gasteiger partial charge >= 0.3 is 0 Å². The Hall–Kier alpha value is -1.95. The average molecular weight is 308 g/mol. The molecule has 92 valence electrons. The maximum Gasteiger partial charge on any atom is 0.295 e. The fourth-order valence-corrected chi connectivity index (χ4v) is 1.79. The minimum atomic E-state index is -0.428. The first kappa shape index (κ1) is 12.5. The van der Waals surface area contributed by atoms with Crippen molar-refractivity contribution in [3.05, 3.63) is 51.6 Å². The Bertz CT molecular complexity index is 628. The molecule has 1 aromatic carbocycles. The number of fused-ring (bicyclic) bond motifs is 1. The number of non-ortho nitro benzene ring substituents is 1. The normalized spacial score (nSPS) is 10.3. The predicted octanol–water partition coefficient (Wildman–Crippen LogP) is 3.46. The molecule has 0 fully saturated rings. The topological polar surface area (TPSA) is 68.1 Å². The Balaban J connectivity index is 2.53. The van der Waals surface area contributed by atoms with Gasteiger partial charge < -0.3 is 5.32 Å². The second kappa shape index (κ2) is 5.14. The zero-order chi connectivity index (χ0) is 13.1. The molecule has 0 radical (unpaired) electrons. The molecule has 0 unspecified atom stereocenters. The molecule has 0 amide bonds. The largest absolute Gasteiger partial charge is 0.380 e. The lowest BCUT2D eigenvalue weighted by Gasteiger charge is -2.08. The number of benzene rings is 1. The van der Waals surface area contributed by atoms with Crippen LogP contribution in [-0.4, -0.2) is 16.5 Å². The van der Waals surface area contributed by atoms with Gasteiger partial charge in [-0.1, -0.05) is 34.6 Å². The molecule has 0 aliphatic carbocycles. The third kappa shape index (κ3) is 2.48. The van der Waals surface area contributed by atoms with Crippen LogP contribution in [0, 0.1) is 10.1 Å². The minimum Gasteiger partial charge on any atom is -0.380 e. The molecule has 0 aliphatic rings. The van der Waals surface area contributed by atoms with E-state index in [4.69, 9.17) is 0 Å². The SMILES string of the molecule is C=C(Br)CNc1ccnc2c([N+](=O)[O-])cccc12. The highest BCUT2D eigenvalue weighted by molar-refractivity contribution is 9.11. The Labute approximate surface area is 112 Å². The molecule has 0 spiro atoms. The summed E-state index contributed by atoms with van der Waals surface area (Å²) in [5.74, 6) is 0. The van der Waals surface area contributed by atoms with Crippen LogP contribution < -0.4 is 5.32 Å². The van der Waals surface area contributed by atoms with Crippen LogP contribution in [-0.2, 0) is 0 Å². The van der Waals surface area contributed by atoms with Crippen molar-refractivity contribution in [2.45, 2.75) is 0 Å². The number of anilines is 1. The predicted molar refractivity (Wildman–Crippen MR) is 75.0 cm³/mol. The first-order valence-electron chi connectivity index (χ1n) is 5.19. The second-order valence-electron chi connectivity index (χ2n) is 3.66. The Kier molecular flexibility index (Phi) is 3.57. The molecule has 18 heavy (non-hydrogen) atoms. The average Bonchev–Trinajstić information content (AvgIpc) is 2.35. The van der Waals surface area contributed by atoms with E-state index in [9.17, 15) is 10.1 Å². The van der Waals surface area contributed by atoms with Gasteiger partial charge in [-0.2, -0.15) is 0 Å². The van der Waals surface area contributed by atoms with Gasteiger partial charge in [0.05, 0.1) is 4.92 Å². The number of para-hydroxylation sites is 1. The lowest BCUT2D eigenvalue weighted by atomic mass is 10.1. The first-order chi connectivity index (χ1) is 8.59. The molecular weight excluding hydrogens is 298 g/mol. The summed E-state index contributed by atoms with van der Waals surface area (Å²) in [4.78, 5) is 14.6. The van der Waals surface area contributed by atoms with Crippen molar-refractivity contribution in [1.82, 2.24) is 4.98 Å². The van der Waals surface area contributed by atoms with E-state index in [0.29, 0.717) is 12.1 Å². The number of nitro groups is 1. The van der Waals surface area contributed by atoms with Crippen molar-refractivity contribution >= 4 is 38.2 Å². The molecule has 2 aromatic rings. The highest BCUT2D eigenvalue weighted by Gasteiger charge is 2.13. The molecule has 1 aromatic heterocycles. The van der Waals surface area contributed by atoms with Crippen LogP contribution >= 0.6 is 15.9 Å². The number of hydrogen-bond donors (Lipinski definition) is 1. The smallest absolute Gasteiger partial charge is 0.295 e. The zero-order valence-electron chi connectivity index (χ0n) is 9.39. The number of pyridine rings is 1. The van der Waals surface area contributed by atoms with Crippen LogP contribution in [0.4, 0.5) is 11.4 Å². The quantitative estimate of drug-likeness (QED) is 0.693. The summed E-state index contributed by atoms with van der Waals surface area (Å²) in [6, 6.07) is 6.68. The summed E-state index contributed by atoms with van der Waals surface area (Å²) < 4.78 is 0.804. The minimum absolute atomic E-state index is 0.00817. The van der Waals surface area contributed by atoms with E-state index < -0.39 is 4.92 Å². The number of nitrogens with one attached hydrogen (secondary N) is 1. The number of nitro benzene ring substituents is 1. The zero-order valence-corrected chi connectivity index (χ0v) is 11.0. The highest BCUT2D eigenvalue weighted by atomic mass is 79.9. The van der Waals surface area contributed by atoms with E-state index in [2.05, 4.69) is 32.8 Å². The number of nitrogens with zero attached hydrogens (tertiary/aromatic N) is 2. The van der Waals surface area contributed by atoms with Gasteiger partial charge in [-0.25, -0.2) is 4.98 Å². The molecule has 0 bridgehead atoms. The van der Waals surface area contributed by atoms with Crippen molar-refractivity contribution in [3.63, 3.8) is 0 Å². The van der Waals surface area contributed by atoms with E-state index in [1.54, 1.807) is 24.4 Å². The first-order valence-corrected chi connectivity index (χ1v) is 5.98. The maximum atomic E-state index is 10.9. The van der Waals surface area contributed by atoms with Gasteiger partial charge in [-0.3, -0.25) is 10.1 Å². The fourth-order valence-electron chi connectivity index (χ4n) is 1.65. The Morgan fingerprint density at radius 3 is 2.94 bits per heavy atom. The molecule has 1 heterocycles. The van der Waals surface area contributed by atoms with Gasteiger partial charge in [0.25, 0.3) is 5.69 Å². The van der Waals surface area contributed by atoms with E-state index in [-0.39, 0.29) is 5.69 Å². The standard InChI is InChI=1S/C12H10BrN3O2/c1-8(13)7-15-10-5-6-14-12-9(10)3-2-4-11(12)16(17)18/h2-6H,1,7H2,(H,14,15). The Morgan fingerprint density at radius 2 is 2.28 bits per heavy atom. The van der Waals surface area contributed by atoms with Gasteiger partial charge in [0.15, 0.2) is 0 Å². The monoisotopic (exact) mass is 307 g/mol. The van der Waals surface area contributed by atoms with Gasteiger partial charge in [0, 0.05) is 34.4 Å².